The molecule has 0 amide bonds. The molecule has 0 aliphatic carbocycles. The Kier molecular flexibility index (Phi) is 13.2. The van der Waals surface area contributed by atoms with Crippen molar-refractivity contribution in [2.75, 3.05) is 0 Å². The average molecular weight is 677 g/mol. The number of hydrogen-bond donors (Lipinski definition) is 0. The topological polar surface area (TPSA) is 99.6 Å². The fraction of sp³-hybridized carbons (Fsp3) is 0.895. The van der Waals surface area contributed by atoms with Gasteiger partial charge >= 0.3 is 6.21 Å². The molecule has 0 aromatic rings. The van der Waals surface area contributed by atoms with E-state index in [1.54, 1.807) is 0 Å². The van der Waals surface area contributed by atoms with Crippen molar-refractivity contribution in [1.82, 2.24) is 0 Å². The molecule has 0 unspecified atom stereocenters. The SMILES string of the molecule is C[C@H](C/C=C/[C@@H](C)[C@H]1OC(C)(C)O[C@@H](C[C@@H]2CC[C@@](C)([C@H]3CC[C@@](C)([C@@H](C)O[Si](C)(C)C(C)(C)C)O3)O2)[C@@H]1C)C[C@@H](C)C(=O)C=[N+]=[N-]. The van der Waals surface area contributed by atoms with E-state index in [1.807, 2.05) is 20.8 Å². The van der Waals surface area contributed by atoms with Crippen LogP contribution in [0, 0.1) is 23.7 Å². The molecular weight excluding hydrogens is 609 g/mol. The summed E-state index contributed by atoms with van der Waals surface area (Å²) in [5.74, 6) is -0.244. The quantitative estimate of drug-likeness (QED) is 0.0599. The minimum atomic E-state index is -1.91. The molecule has 47 heavy (non-hydrogen) atoms. The van der Waals surface area contributed by atoms with Crippen LogP contribution >= 0.6 is 0 Å². The number of hydrogen-bond acceptors (Lipinski definition) is 6. The first-order valence-corrected chi connectivity index (χ1v) is 21.2. The number of ether oxygens (including phenoxy) is 4. The molecule has 0 bridgehead atoms. The van der Waals surface area contributed by atoms with Crippen molar-refractivity contribution in [2.45, 2.75) is 194 Å². The van der Waals surface area contributed by atoms with Gasteiger partial charge in [-0.3, -0.25) is 4.79 Å². The molecule has 9 heteroatoms. The highest BCUT2D eigenvalue weighted by molar-refractivity contribution is 6.74. The van der Waals surface area contributed by atoms with E-state index >= 15 is 0 Å². The van der Waals surface area contributed by atoms with Crippen LogP contribution in [-0.4, -0.2) is 72.6 Å². The van der Waals surface area contributed by atoms with E-state index in [1.165, 1.54) is 0 Å². The molecule has 0 radical (unpaired) electrons. The van der Waals surface area contributed by atoms with E-state index in [2.05, 4.69) is 92.3 Å². The van der Waals surface area contributed by atoms with Crippen molar-refractivity contribution in [3.05, 3.63) is 17.7 Å². The number of nitrogens with zero attached hydrogens (tertiary/aromatic N) is 2. The van der Waals surface area contributed by atoms with Gasteiger partial charge in [-0.1, -0.05) is 60.6 Å². The van der Waals surface area contributed by atoms with Crippen LogP contribution in [0.15, 0.2) is 12.2 Å². The zero-order valence-electron chi connectivity index (χ0n) is 32.2. The first kappa shape index (κ1) is 40.2. The first-order chi connectivity index (χ1) is 21.5. The van der Waals surface area contributed by atoms with Crippen molar-refractivity contribution < 1.29 is 33.0 Å². The van der Waals surface area contributed by atoms with Crippen molar-refractivity contribution in [3.63, 3.8) is 0 Å². The van der Waals surface area contributed by atoms with E-state index in [0.29, 0.717) is 5.92 Å². The second kappa shape index (κ2) is 15.4. The van der Waals surface area contributed by atoms with Crippen molar-refractivity contribution >= 4 is 20.3 Å². The van der Waals surface area contributed by atoms with E-state index in [9.17, 15) is 4.79 Å². The standard InChI is InChI=1S/C38H68N2O6Si/c1-25(22-27(3)31(41)24-40-39)16-15-17-26(2)34-28(4)32(43-36(9,10)45-34)23-30-18-20-38(12,42-30)33-19-21-37(11,44-33)29(5)46-47(13,14)35(6,7)8/h15,17,24-30,32-34H,16,18-23H2,1-14H3/b17-15+/t25-,26-,27-,28+,29-,30+,32+,33-,34-,37+,38+/m1/s1. The van der Waals surface area contributed by atoms with E-state index < -0.39 is 14.1 Å². The molecule has 270 valence electrons. The van der Waals surface area contributed by atoms with E-state index in [4.69, 9.17) is 28.9 Å². The van der Waals surface area contributed by atoms with E-state index in [0.717, 1.165) is 51.2 Å². The number of ketones is 1. The molecule has 8 nitrogen and oxygen atoms in total. The van der Waals surface area contributed by atoms with Gasteiger partial charge in [-0.05, 0) is 97.2 Å². The summed E-state index contributed by atoms with van der Waals surface area (Å²) < 4.78 is 33.6. The number of rotatable bonds is 14. The molecule has 0 spiro atoms. The summed E-state index contributed by atoms with van der Waals surface area (Å²) in [5.41, 5.74) is 8.02. The van der Waals surface area contributed by atoms with Gasteiger partial charge in [-0.15, -0.1) is 0 Å². The molecule has 11 atom stereocenters. The average Bonchev–Trinajstić information content (AvgIpc) is 3.54. The zero-order valence-corrected chi connectivity index (χ0v) is 33.2. The predicted octanol–water partition coefficient (Wildman–Crippen LogP) is 8.93. The molecule has 3 saturated heterocycles. The fourth-order valence-corrected chi connectivity index (χ4v) is 9.06. The van der Waals surface area contributed by atoms with Crippen molar-refractivity contribution in [3.8, 4) is 0 Å². The number of carbonyl (C=O) groups is 1. The third-order valence-electron chi connectivity index (χ3n) is 11.9. The number of allylic oxidation sites excluding steroid dienone is 1. The molecule has 3 heterocycles. The highest BCUT2D eigenvalue weighted by Crippen LogP contribution is 2.48. The number of Topliss-reactive ketones (excluding diaryl/α,β-unsaturated/α-hetero) is 1. The van der Waals surface area contributed by atoms with Gasteiger partial charge in [0.05, 0.1) is 41.7 Å². The lowest BCUT2D eigenvalue weighted by Crippen LogP contribution is -2.53. The Morgan fingerprint density at radius 3 is 2.30 bits per heavy atom. The summed E-state index contributed by atoms with van der Waals surface area (Å²) in [7, 11) is -1.91. The summed E-state index contributed by atoms with van der Waals surface area (Å²) >= 11 is 0. The molecule has 3 fully saturated rings. The van der Waals surface area contributed by atoms with Gasteiger partial charge in [0.15, 0.2) is 14.1 Å². The van der Waals surface area contributed by atoms with Gasteiger partial charge < -0.3 is 28.9 Å². The fourth-order valence-electron chi connectivity index (χ4n) is 7.57. The van der Waals surface area contributed by atoms with Crippen LogP contribution < -0.4 is 0 Å². The summed E-state index contributed by atoms with van der Waals surface area (Å²) in [4.78, 5) is 14.8. The maximum atomic E-state index is 12.0. The molecule has 0 aromatic heterocycles. The monoisotopic (exact) mass is 676 g/mol. The molecule has 3 rings (SSSR count). The van der Waals surface area contributed by atoms with Crippen LogP contribution in [0.2, 0.25) is 18.1 Å². The largest absolute Gasteiger partial charge is 0.411 e. The van der Waals surface area contributed by atoms with Gasteiger partial charge in [-0.25, -0.2) is 0 Å². The van der Waals surface area contributed by atoms with Crippen LogP contribution in [-0.2, 0) is 28.2 Å². The highest BCUT2D eigenvalue weighted by Gasteiger charge is 2.53. The Balaban J connectivity index is 1.58. The predicted molar refractivity (Wildman–Crippen MR) is 191 cm³/mol. The third-order valence-corrected chi connectivity index (χ3v) is 16.5. The maximum absolute atomic E-state index is 12.0. The van der Waals surface area contributed by atoms with Crippen LogP contribution in [0.4, 0.5) is 0 Å². The normalized spacial score (nSPS) is 35.7. The van der Waals surface area contributed by atoms with Crippen molar-refractivity contribution in [1.29, 1.82) is 0 Å². The Bertz CT molecular complexity index is 1150. The summed E-state index contributed by atoms with van der Waals surface area (Å²) in [6, 6.07) is 0. The Morgan fingerprint density at radius 1 is 1.02 bits per heavy atom. The summed E-state index contributed by atoms with van der Waals surface area (Å²) in [5, 5.41) is 0.159. The van der Waals surface area contributed by atoms with Gasteiger partial charge in [0.25, 0.3) is 0 Å². The molecule has 0 saturated carbocycles. The number of carbonyl (C=O) groups excluding carboxylic acids is 1. The second-order valence-corrected chi connectivity index (χ2v) is 22.5. The maximum Gasteiger partial charge on any atom is 0.323 e. The van der Waals surface area contributed by atoms with Crippen LogP contribution in [0.25, 0.3) is 5.53 Å². The van der Waals surface area contributed by atoms with Gasteiger partial charge in [-0.2, -0.15) is 4.79 Å². The lowest BCUT2D eigenvalue weighted by Gasteiger charge is -2.47. The van der Waals surface area contributed by atoms with Crippen LogP contribution in [0.3, 0.4) is 0 Å². The third kappa shape index (κ3) is 10.2. The Labute approximate surface area is 287 Å². The van der Waals surface area contributed by atoms with Gasteiger partial charge in [0.1, 0.15) is 0 Å². The van der Waals surface area contributed by atoms with Crippen LogP contribution in [0.1, 0.15) is 128 Å². The molecule has 0 N–H and O–H groups in total. The van der Waals surface area contributed by atoms with Gasteiger partial charge in [0, 0.05) is 24.2 Å². The highest BCUT2D eigenvalue weighted by atomic mass is 28.4. The molecule has 3 aliphatic heterocycles. The molecule has 0 aromatic carbocycles. The lowest BCUT2D eigenvalue weighted by molar-refractivity contribution is -0.328. The lowest BCUT2D eigenvalue weighted by atomic mass is 9.84. The zero-order chi connectivity index (χ0) is 35.6. The Morgan fingerprint density at radius 2 is 1.68 bits per heavy atom. The summed E-state index contributed by atoms with van der Waals surface area (Å²) in [6.07, 6.45) is 12.1. The second-order valence-electron chi connectivity index (χ2n) is 17.7. The minimum absolute atomic E-state index is 0.0191. The van der Waals surface area contributed by atoms with Crippen LogP contribution in [0.5, 0.6) is 0 Å². The molecule has 3 aliphatic rings. The van der Waals surface area contributed by atoms with Gasteiger partial charge in [0.2, 0.25) is 5.78 Å². The summed E-state index contributed by atoms with van der Waals surface area (Å²) in [6.45, 7) is 30.7. The molecular formula is C38H68N2O6Si. The first-order valence-electron chi connectivity index (χ1n) is 18.3. The van der Waals surface area contributed by atoms with Crippen molar-refractivity contribution in [2.24, 2.45) is 23.7 Å². The Hall–Kier alpha value is -1.19. The van der Waals surface area contributed by atoms with E-state index in [-0.39, 0.29) is 70.3 Å². The smallest absolute Gasteiger partial charge is 0.323 e. The minimum Gasteiger partial charge on any atom is -0.411 e.